The molecule has 0 atom stereocenters. The van der Waals surface area contributed by atoms with Gasteiger partial charge in [0.15, 0.2) is 5.78 Å². The van der Waals surface area contributed by atoms with Crippen LogP contribution in [0, 0.1) is 19.7 Å². The Balaban J connectivity index is 1.41. The van der Waals surface area contributed by atoms with Crippen molar-refractivity contribution in [2.24, 2.45) is 0 Å². The second-order valence-electron chi connectivity index (χ2n) is 7.88. The van der Waals surface area contributed by atoms with E-state index in [1.165, 1.54) is 47.2 Å². The highest BCUT2D eigenvalue weighted by Gasteiger charge is 2.22. The zero-order valence-corrected chi connectivity index (χ0v) is 19.1. The number of thioether (sulfide) groups is 1. The summed E-state index contributed by atoms with van der Waals surface area (Å²) in [5.74, 6) is 0.123. The minimum atomic E-state index is -0.273. The van der Waals surface area contributed by atoms with Gasteiger partial charge >= 0.3 is 0 Å². The Labute approximate surface area is 188 Å². The number of ketones is 1. The van der Waals surface area contributed by atoms with Gasteiger partial charge in [-0.25, -0.2) is 14.4 Å². The molecule has 4 aromatic rings. The average molecular weight is 452 g/mol. The molecule has 1 aliphatic rings. The summed E-state index contributed by atoms with van der Waals surface area (Å²) < 4.78 is 15.3. The Morgan fingerprint density at radius 2 is 1.94 bits per heavy atom. The number of Topliss-reactive ketones (excluding diaryl/α,β-unsaturated/α-hetero) is 1. The Kier molecular flexibility index (Phi) is 5.40. The van der Waals surface area contributed by atoms with E-state index < -0.39 is 0 Å². The molecular weight excluding hydrogens is 429 g/mol. The van der Waals surface area contributed by atoms with Crippen molar-refractivity contribution in [3.63, 3.8) is 0 Å². The van der Waals surface area contributed by atoms with Crippen LogP contribution in [0.5, 0.6) is 0 Å². The molecule has 3 heterocycles. The monoisotopic (exact) mass is 451 g/mol. The molecule has 4 nitrogen and oxygen atoms in total. The molecule has 31 heavy (non-hydrogen) atoms. The Morgan fingerprint density at radius 1 is 1.16 bits per heavy atom. The fourth-order valence-corrected chi connectivity index (χ4v) is 6.62. The highest BCUT2D eigenvalue weighted by molar-refractivity contribution is 8.00. The first-order valence-electron chi connectivity index (χ1n) is 10.4. The van der Waals surface area contributed by atoms with Crippen LogP contribution in [0.4, 0.5) is 4.39 Å². The van der Waals surface area contributed by atoms with Crippen LogP contribution < -0.4 is 0 Å². The summed E-state index contributed by atoms with van der Waals surface area (Å²) in [6.45, 7) is 3.90. The molecule has 0 N–H and O–H groups in total. The normalized spacial score (nSPS) is 13.5. The average Bonchev–Trinajstić information content (AvgIpc) is 3.30. The second kappa shape index (κ2) is 8.20. The SMILES string of the molecule is Cc1cc(C(=O)CSc2ncnc3sc4c(c23)CCCC4)c(C)n1-c1ccc(F)cc1. The molecule has 1 aliphatic carbocycles. The van der Waals surface area contributed by atoms with E-state index in [-0.39, 0.29) is 11.6 Å². The summed E-state index contributed by atoms with van der Waals surface area (Å²) in [5.41, 5.74) is 4.76. The first kappa shape index (κ1) is 20.4. The van der Waals surface area contributed by atoms with Crippen molar-refractivity contribution in [3.05, 3.63) is 69.9 Å². The molecule has 0 radical (unpaired) electrons. The standard InChI is InChI=1S/C24H22FN3OS2/c1-14-11-19(15(2)28(14)17-9-7-16(25)8-10-17)20(29)12-30-23-22-18-5-3-4-6-21(18)31-24(22)27-13-26-23/h7-11,13H,3-6,12H2,1-2H3. The van der Waals surface area contributed by atoms with Crippen LogP contribution in [0.2, 0.25) is 0 Å². The third-order valence-corrected chi connectivity index (χ3v) is 8.06. The van der Waals surface area contributed by atoms with Crippen LogP contribution in [-0.2, 0) is 12.8 Å². The molecule has 0 spiro atoms. The van der Waals surface area contributed by atoms with Crippen LogP contribution in [-0.4, -0.2) is 26.1 Å². The quantitative estimate of drug-likeness (QED) is 0.209. The van der Waals surface area contributed by atoms with Crippen molar-refractivity contribution in [2.75, 3.05) is 5.75 Å². The maximum atomic E-state index is 13.3. The molecule has 0 fully saturated rings. The van der Waals surface area contributed by atoms with Gasteiger partial charge in [0.25, 0.3) is 0 Å². The molecule has 0 saturated carbocycles. The van der Waals surface area contributed by atoms with E-state index in [2.05, 4.69) is 9.97 Å². The lowest BCUT2D eigenvalue weighted by Crippen LogP contribution is -2.06. The number of aromatic nitrogens is 3. The molecule has 1 aromatic carbocycles. The molecule has 0 unspecified atom stereocenters. The fraction of sp³-hybridized carbons (Fsp3) is 0.292. The number of halogens is 1. The number of hydrogen-bond acceptors (Lipinski definition) is 5. The number of nitrogens with zero attached hydrogens (tertiary/aromatic N) is 3. The summed E-state index contributed by atoms with van der Waals surface area (Å²) in [5, 5.41) is 2.06. The van der Waals surface area contributed by atoms with E-state index in [4.69, 9.17) is 0 Å². The summed E-state index contributed by atoms with van der Waals surface area (Å²) in [7, 11) is 0. The van der Waals surface area contributed by atoms with E-state index >= 15 is 0 Å². The van der Waals surface area contributed by atoms with Gasteiger partial charge in [0.05, 0.1) is 5.75 Å². The number of aryl methyl sites for hydroxylation is 3. The fourth-order valence-electron chi connectivity index (χ4n) is 4.41. The summed E-state index contributed by atoms with van der Waals surface area (Å²) >= 11 is 3.27. The van der Waals surface area contributed by atoms with Gasteiger partial charge in [0.1, 0.15) is 22.0 Å². The van der Waals surface area contributed by atoms with Crippen LogP contribution in [0.3, 0.4) is 0 Å². The number of fused-ring (bicyclic) bond motifs is 3. The smallest absolute Gasteiger partial charge is 0.174 e. The predicted molar refractivity (Wildman–Crippen MR) is 124 cm³/mol. The van der Waals surface area contributed by atoms with Crippen LogP contribution in [0.15, 0.2) is 41.7 Å². The third-order valence-electron chi connectivity index (χ3n) is 5.87. The molecule has 5 rings (SSSR count). The minimum Gasteiger partial charge on any atom is -0.318 e. The zero-order chi connectivity index (χ0) is 21.5. The van der Waals surface area contributed by atoms with Gasteiger partial charge in [0.2, 0.25) is 0 Å². The topological polar surface area (TPSA) is 47.8 Å². The van der Waals surface area contributed by atoms with Crippen LogP contribution in [0.25, 0.3) is 15.9 Å². The van der Waals surface area contributed by atoms with Crippen molar-refractivity contribution in [2.45, 2.75) is 44.6 Å². The van der Waals surface area contributed by atoms with Gasteiger partial charge in [-0.1, -0.05) is 11.8 Å². The molecule has 0 bridgehead atoms. The number of thiophene rings is 1. The number of carbonyl (C=O) groups is 1. The van der Waals surface area contributed by atoms with Crippen molar-refractivity contribution in [3.8, 4) is 5.69 Å². The van der Waals surface area contributed by atoms with Gasteiger partial charge in [-0.05, 0) is 75.4 Å². The van der Waals surface area contributed by atoms with Crippen molar-refractivity contribution in [1.29, 1.82) is 0 Å². The highest BCUT2D eigenvalue weighted by atomic mass is 32.2. The van der Waals surface area contributed by atoms with E-state index in [0.717, 1.165) is 45.2 Å². The maximum Gasteiger partial charge on any atom is 0.174 e. The van der Waals surface area contributed by atoms with Crippen LogP contribution in [0.1, 0.15) is 45.0 Å². The van der Waals surface area contributed by atoms with Gasteiger partial charge < -0.3 is 4.57 Å². The molecule has 0 saturated heterocycles. The molecule has 0 aliphatic heterocycles. The lowest BCUT2D eigenvalue weighted by atomic mass is 9.97. The van der Waals surface area contributed by atoms with Crippen molar-refractivity contribution >= 4 is 39.1 Å². The summed E-state index contributed by atoms with van der Waals surface area (Å²) in [6.07, 6.45) is 6.24. The van der Waals surface area contributed by atoms with Gasteiger partial charge in [-0.15, -0.1) is 11.3 Å². The number of benzene rings is 1. The van der Waals surface area contributed by atoms with Gasteiger partial charge in [0, 0.05) is 32.9 Å². The van der Waals surface area contributed by atoms with E-state index in [1.54, 1.807) is 29.8 Å². The second-order valence-corrected chi connectivity index (χ2v) is 9.93. The number of rotatable bonds is 5. The van der Waals surface area contributed by atoms with Crippen molar-refractivity contribution in [1.82, 2.24) is 14.5 Å². The lowest BCUT2D eigenvalue weighted by Gasteiger charge is -2.11. The maximum absolute atomic E-state index is 13.3. The van der Waals surface area contributed by atoms with Gasteiger partial charge in [-0.3, -0.25) is 4.79 Å². The van der Waals surface area contributed by atoms with Crippen molar-refractivity contribution < 1.29 is 9.18 Å². The van der Waals surface area contributed by atoms with Crippen LogP contribution >= 0.6 is 23.1 Å². The van der Waals surface area contributed by atoms with E-state index in [1.807, 2.05) is 24.5 Å². The third kappa shape index (κ3) is 3.70. The molecule has 7 heteroatoms. The summed E-state index contributed by atoms with van der Waals surface area (Å²) in [4.78, 5) is 24.6. The molecule has 158 valence electrons. The Hall–Kier alpha value is -2.51. The molecule has 3 aromatic heterocycles. The molecular formula is C24H22FN3OS2. The first-order chi connectivity index (χ1) is 15.0. The largest absolute Gasteiger partial charge is 0.318 e. The minimum absolute atomic E-state index is 0.0716. The molecule has 0 amide bonds. The Morgan fingerprint density at radius 3 is 2.74 bits per heavy atom. The zero-order valence-electron chi connectivity index (χ0n) is 17.4. The summed E-state index contributed by atoms with van der Waals surface area (Å²) in [6, 6.07) is 8.26. The highest BCUT2D eigenvalue weighted by Crippen LogP contribution is 2.39. The predicted octanol–water partition coefficient (Wildman–Crippen LogP) is 6.09. The lowest BCUT2D eigenvalue weighted by molar-refractivity contribution is 0.102. The van der Waals surface area contributed by atoms with Gasteiger partial charge in [-0.2, -0.15) is 0 Å². The van der Waals surface area contributed by atoms with E-state index in [9.17, 15) is 9.18 Å². The number of carbonyl (C=O) groups excluding carboxylic acids is 1. The first-order valence-corrected chi connectivity index (χ1v) is 12.2. The number of hydrogen-bond donors (Lipinski definition) is 0. The van der Waals surface area contributed by atoms with E-state index in [0.29, 0.717) is 11.3 Å². The Bertz CT molecular complexity index is 1290.